The second kappa shape index (κ2) is 7.38. The predicted octanol–water partition coefficient (Wildman–Crippen LogP) is 2.89. The fraction of sp³-hybridized carbons (Fsp3) is 1.00. The Kier molecular flexibility index (Phi) is 5.79. The van der Waals surface area contributed by atoms with Crippen molar-refractivity contribution in [1.29, 1.82) is 0 Å². The average Bonchev–Trinajstić information content (AvgIpc) is 2.84. The van der Waals surface area contributed by atoms with Crippen LogP contribution in [-0.4, -0.2) is 37.6 Å². The highest BCUT2D eigenvalue weighted by atomic mass is 15.1. The molecule has 1 saturated heterocycles. The van der Waals surface area contributed by atoms with Crippen molar-refractivity contribution in [3.63, 3.8) is 0 Å². The lowest BCUT2D eigenvalue weighted by Crippen LogP contribution is -2.35. The third kappa shape index (κ3) is 4.97. The Hall–Kier alpha value is -0.0800. The maximum absolute atomic E-state index is 3.65. The zero-order chi connectivity index (χ0) is 11.9. The first-order valence-corrected chi connectivity index (χ1v) is 7.77. The summed E-state index contributed by atoms with van der Waals surface area (Å²) >= 11 is 0. The Labute approximate surface area is 107 Å². The number of nitrogens with zero attached hydrogens (tertiary/aromatic N) is 1. The molecule has 2 aliphatic rings. The van der Waals surface area contributed by atoms with Gasteiger partial charge in [0.25, 0.3) is 0 Å². The summed E-state index contributed by atoms with van der Waals surface area (Å²) in [6, 6.07) is 0. The lowest BCUT2D eigenvalue weighted by molar-refractivity contribution is 0.190. The molecule has 0 bridgehead atoms. The van der Waals surface area contributed by atoms with Crippen LogP contribution in [0.5, 0.6) is 0 Å². The molecule has 0 aromatic rings. The van der Waals surface area contributed by atoms with Gasteiger partial charge in [0.15, 0.2) is 0 Å². The molecule has 0 aromatic heterocycles. The molecule has 1 aliphatic heterocycles. The van der Waals surface area contributed by atoms with Gasteiger partial charge in [-0.15, -0.1) is 0 Å². The van der Waals surface area contributed by atoms with Gasteiger partial charge in [0.1, 0.15) is 0 Å². The van der Waals surface area contributed by atoms with E-state index in [2.05, 4.69) is 17.1 Å². The third-order valence-electron chi connectivity index (χ3n) is 4.61. The van der Waals surface area contributed by atoms with Crippen molar-refractivity contribution in [1.82, 2.24) is 10.2 Å². The summed E-state index contributed by atoms with van der Waals surface area (Å²) in [5.41, 5.74) is 0. The van der Waals surface area contributed by atoms with Gasteiger partial charge < -0.3 is 10.2 Å². The smallest absolute Gasteiger partial charge is 0.000664 e. The van der Waals surface area contributed by atoms with Gasteiger partial charge >= 0.3 is 0 Å². The van der Waals surface area contributed by atoms with Gasteiger partial charge in [0, 0.05) is 0 Å². The van der Waals surface area contributed by atoms with E-state index < -0.39 is 0 Å². The van der Waals surface area contributed by atoms with Crippen molar-refractivity contribution >= 4 is 0 Å². The van der Waals surface area contributed by atoms with Crippen LogP contribution in [0.25, 0.3) is 0 Å². The Bertz CT molecular complexity index is 191. The number of rotatable bonds is 6. The van der Waals surface area contributed by atoms with Crippen LogP contribution in [0.4, 0.5) is 0 Å². The fourth-order valence-corrected chi connectivity index (χ4v) is 3.23. The minimum atomic E-state index is 0.965. The molecule has 2 rings (SSSR count). The van der Waals surface area contributed by atoms with Crippen molar-refractivity contribution in [3.8, 4) is 0 Å². The first-order chi connectivity index (χ1) is 8.34. The molecule has 0 unspecified atom stereocenters. The van der Waals surface area contributed by atoms with Gasteiger partial charge in [-0.05, 0) is 76.7 Å². The molecule has 17 heavy (non-hydrogen) atoms. The monoisotopic (exact) mass is 238 g/mol. The molecule has 2 nitrogen and oxygen atoms in total. The van der Waals surface area contributed by atoms with Crippen LogP contribution < -0.4 is 5.32 Å². The van der Waals surface area contributed by atoms with Crippen LogP contribution in [0.15, 0.2) is 0 Å². The van der Waals surface area contributed by atoms with Gasteiger partial charge in [-0.1, -0.05) is 19.8 Å². The molecule has 1 saturated carbocycles. The number of piperidine rings is 1. The van der Waals surface area contributed by atoms with E-state index >= 15 is 0 Å². The normalized spacial score (nSPS) is 24.5. The van der Waals surface area contributed by atoms with Crippen LogP contribution in [-0.2, 0) is 0 Å². The summed E-state index contributed by atoms with van der Waals surface area (Å²) in [6.45, 7) is 8.87. The molecule has 0 atom stereocenters. The van der Waals surface area contributed by atoms with Gasteiger partial charge in [0.05, 0.1) is 0 Å². The van der Waals surface area contributed by atoms with Gasteiger partial charge in [-0.25, -0.2) is 0 Å². The van der Waals surface area contributed by atoms with Crippen LogP contribution in [0.3, 0.4) is 0 Å². The highest BCUT2D eigenvalue weighted by Gasteiger charge is 2.15. The second-order valence-electron chi connectivity index (χ2n) is 6.23. The van der Waals surface area contributed by atoms with Crippen molar-refractivity contribution in [3.05, 3.63) is 0 Å². The summed E-state index contributed by atoms with van der Waals surface area (Å²) in [6.07, 6.45) is 10.0. The maximum Gasteiger partial charge on any atom is -0.000664 e. The average molecular weight is 238 g/mol. The Balaban J connectivity index is 1.43. The lowest BCUT2D eigenvalue weighted by Gasteiger charge is -2.30. The molecule has 0 aromatic carbocycles. The molecule has 2 fully saturated rings. The standard InChI is InChI=1S/C15H30N2/c1-14-7-11-17(12-8-14)10-4-9-16-13-15-5-2-3-6-15/h14-16H,2-13H2,1H3. The minimum Gasteiger partial charge on any atom is -0.316 e. The van der Waals surface area contributed by atoms with E-state index in [-0.39, 0.29) is 0 Å². The summed E-state index contributed by atoms with van der Waals surface area (Å²) in [5, 5.41) is 3.65. The lowest BCUT2D eigenvalue weighted by atomic mass is 9.99. The van der Waals surface area contributed by atoms with E-state index in [1.165, 1.54) is 77.7 Å². The molecule has 1 aliphatic carbocycles. The van der Waals surface area contributed by atoms with Crippen LogP contribution in [0, 0.1) is 11.8 Å². The van der Waals surface area contributed by atoms with E-state index in [0.29, 0.717) is 0 Å². The minimum absolute atomic E-state index is 0.965. The first kappa shape index (κ1) is 13.4. The number of hydrogen-bond acceptors (Lipinski definition) is 2. The SMILES string of the molecule is CC1CCN(CCCNCC2CCCC2)CC1. The maximum atomic E-state index is 3.65. The fourth-order valence-electron chi connectivity index (χ4n) is 3.23. The van der Waals surface area contributed by atoms with Crippen molar-refractivity contribution < 1.29 is 0 Å². The van der Waals surface area contributed by atoms with Crippen LogP contribution >= 0.6 is 0 Å². The van der Waals surface area contributed by atoms with Gasteiger partial charge in [-0.3, -0.25) is 0 Å². The largest absolute Gasteiger partial charge is 0.316 e. The van der Waals surface area contributed by atoms with Crippen LogP contribution in [0.1, 0.15) is 51.9 Å². The van der Waals surface area contributed by atoms with E-state index in [4.69, 9.17) is 0 Å². The zero-order valence-electron chi connectivity index (χ0n) is 11.6. The van der Waals surface area contributed by atoms with Crippen molar-refractivity contribution in [2.45, 2.75) is 51.9 Å². The molecule has 1 N–H and O–H groups in total. The van der Waals surface area contributed by atoms with Gasteiger partial charge in [-0.2, -0.15) is 0 Å². The summed E-state index contributed by atoms with van der Waals surface area (Å²) in [4.78, 5) is 2.65. The Morgan fingerprint density at radius 2 is 1.76 bits per heavy atom. The second-order valence-corrected chi connectivity index (χ2v) is 6.23. The number of hydrogen-bond donors (Lipinski definition) is 1. The number of likely N-dealkylation sites (tertiary alicyclic amines) is 1. The zero-order valence-corrected chi connectivity index (χ0v) is 11.6. The first-order valence-electron chi connectivity index (χ1n) is 7.77. The van der Waals surface area contributed by atoms with E-state index in [1.807, 2.05) is 0 Å². The molecular formula is C15H30N2. The highest BCUT2D eigenvalue weighted by molar-refractivity contribution is 4.71. The number of nitrogens with one attached hydrogen (secondary N) is 1. The predicted molar refractivity (Wildman–Crippen MR) is 74.3 cm³/mol. The van der Waals surface area contributed by atoms with Crippen molar-refractivity contribution in [2.75, 3.05) is 32.7 Å². The Morgan fingerprint density at radius 3 is 2.47 bits per heavy atom. The molecule has 2 heteroatoms. The van der Waals surface area contributed by atoms with Crippen LogP contribution in [0.2, 0.25) is 0 Å². The Morgan fingerprint density at radius 1 is 1.06 bits per heavy atom. The highest BCUT2D eigenvalue weighted by Crippen LogP contribution is 2.23. The topological polar surface area (TPSA) is 15.3 Å². The summed E-state index contributed by atoms with van der Waals surface area (Å²) in [5.74, 6) is 1.96. The van der Waals surface area contributed by atoms with E-state index in [1.54, 1.807) is 0 Å². The molecule has 0 radical (unpaired) electrons. The molecule has 0 amide bonds. The molecule has 0 spiro atoms. The third-order valence-corrected chi connectivity index (χ3v) is 4.61. The summed E-state index contributed by atoms with van der Waals surface area (Å²) in [7, 11) is 0. The van der Waals surface area contributed by atoms with E-state index in [9.17, 15) is 0 Å². The van der Waals surface area contributed by atoms with E-state index in [0.717, 1.165) is 11.8 Å². The molecular weight excluding hydrogens is 208 g/mol. The van der Waals surface area contributed by atoms with Crippen molar-refractivity contribution in [2.24, 2.45) is 11.8 Å². The van der Waals surface area contributed by atoms with Gasteiger partial charge in [0.2, 0.25) is 0 Å². The quantitative estimate of drug-likeness (QED) is 0.716. The molecule has 1 heterocycles. The summed E-state index contributed by atoms with van der Waals surface area (Å²) < 4.78 is 0. The molecule has 100 valence electrons.